The maximum absolute atomic E-state index is 12.8. The highest BCUT2D eigenvalue weighted by Gasteiger charge is 2.19. The van der Waals surface area contributed by atoms with E-state index in [1.807, 2.05) is 0 Å². The largest absolute Gasteiger partial charge is 0.462 e. The van der Waals surface area contributed by atoms with Crippen molar-refractivity contribution in [1.82, 2.24) is 0 Å². The van der Waals surface area contributed by atoms with E-state index in [2.05, 4.69) is 27.7 Å². The van der Waals surface area contributed by atoms with Crippen molar-refractivity contribution in [3.05, 3.63) is 0 Å². The number of hydrogen-bond donors (Lipinski definition) is 0. The summed E-state index contributed by atoms with van der Waals surface area (Å²) in [5.41, 5.74) is 0. The van der Waals surface area contributed by atoms with Gasteiger partial charge in [0.25, 0.3) is 0 Å². The van der Waals surface area contributed by atoms with Gasteiger partial charge in [-0.1, -0.05) is 285 Å². The van der Waals surface area contributed by atoms with Gasteiger partial charge in [-0.2, -0.15) is 0 Å². The molecule has 6 nitrogen and oxygen atoms in total. The van der Waals surface area contributed by atoms with Crippen molar-refractivity contribution in [1.29, 1.82) is 0 Å². The second-order valence-corrected chi connectivity index (χ2v) is 19.8. The molecule has 0 spiro atoms. The van der Waals surface area contributed by atoms with E-state index in [1.165, 1.54) is 218 Å². The molecule has 0 bridgehead atoms. The molecule has 374 valence electrons. The summed E-state index contributed by atoms with van der Waals surface area (Å²) >= 11 is 0. The molecule has 0 amide bonds. The first-order valence-corrected chi connectivity index (χ1v) is 28.4. The van der Waals surface area contributed by atoms with Gasteiger partial charge in [-0.05, 0) is 25.2 Å². The van der Waals surface area contributed by atoms with Crippen LogP contribution in [-0.2, 0) is 28.6 Å². The van der Waals surface area contributed by atoms with Crippen LogP contribution in [0.25, 0.3) is 0 Å². The Morgan fingerprint density at radius 3 is 0.825 bits per heavy atom. The van der Waals surface area contributed by atoms with Crippen molar-refractivity contribution in [2.45, 2.75) is 329 Å². The van der Waals surface area contributed by atoms with Gasteiger partial charge < -0.3 is 14.2 Å². The molecular formula is C57H110O6. The van der Waals surface area contributed by atoms with Crippen LogP contribution in [0, 0.1) is 5.92 Å². The van der Waals surface area contributed by atoms with Gasteiger partial charge in [0.05, 0.1) is 0 Å². The van der Waals surface area contributed by atoms with Crippen LogP contribution in [0.2, 0.25) is 0 Å². The normalized spacial score (nSPS) is 12.4. The fourth-order valence-electron chi connectivity index (χ4n) is 8.72. The molecule has 0 aliphatic rings. The topological polar surface area (TPSA) is 78.9 Å². The second-order valence-electron chi connectivity index (χ2n) is 19.8. The molecule has 0 aromatic carbocycles. The van der Waals surface area contributed by atoms with Crippen LogP contribution in [0.15, 0.2) is 0 Å². The van der Waals surface area contributed by atoms with Gasteiger partial charge in [-0.3, -0.25) is 14.4 Å². The monoisotopic (exact) mass is 891 g/mol. The molecule has 63 heavy (non-hydrogen) atoms. The van der Waals surface area contributed by atoms with E-state index in [0.29, 0.717) is 19.3 Å². The van der Waals surface area contributed by atoms with E-state index in [-0.39, 0.29) is 31.1 Å². The second kappa shape index (κ2) is 51.4. The molecule has 0 rings (SSSR count). The molecule has 0 aromatic heterocycles. The van der Waals surface area contributed by atoms with E-state index in [4.69, 9.17) is 14.2 Å². The number of hydrogen-bond acceptors (Lipinski definition) is 6. The fourth-order valence-corrected chi connectivity index (χ4v) is 8.72. The maximum atomic E-state index is 12.8. The van der Waals surface area contributed by atoms with Gasteiger partial charge in [0.2, 0.25) is 0 Å². The summed E-state index contributed by atoms with van der Waals surface area (Å²) in [5.74, 6) is 0.00489. The first-order chi connectivity index (χ1) is 30.9. The summed E-state index contributed by atoms with van der Waals surface area (Å²) < 4.78 is 16.9. The molecule has 2 atom stereocenters. The van der Waals surface area contributed by atoms with Gasteiger partial charge in [0.15, 0.2) is 6.10 Å². The summed E-state index contributed by atoms with van der Waals surface area (Å²) in [7, 11) is 0. The quantitative estimate of drug-likeness (QED) is 0.0344. The molecule has 0 aliphatic heterocycles. The predicted molar refractivity (Wildman–Crippen MR) is 270 cm³/mol. The summed E-state index contributed by atoms with van der Waals surface area (Å²) in [4.78, 5) is 38.1. The number of esters is 3. The summed E-state index contributed by atoms with van der Waals surface area (Å²) in [6.07, 6.45) is 55.2. The van der Waals surface area contributed by atoms with Crippen LogP contribution in [0.1, 0.15) is 323 Å². The van der Waals surface area contributed by atoms with Gasteiger partial charge in [0, 0.05) is 19.3 Å². The van der Waals surface area contributed by atoms with Crippen molar-refractivity contribution < 1.29 is 28.6 Å². The SMILES string of the molecule is CCCCCCCCCCCCCCCCCCCCCC(=O)OC[C@@H](COC(=O)CCCCCCCCCCCCCCCC)OC(=O)CCCCCCCCCCC(C)CC. The molecule has 0 radical (unpaired) electrons. The van der Waals surface area contributed by atoms with Gasteiger partial charge >= 0.3 is 17.9 Å². The van der Waals surface area contributed by atoms with Gasteiger partial charge in [-0.25, -0.2) is 0 Å². The molecule has 0 aliphatic carbocycles. The van der Waals surface area contributed by atoms with E-state index in [0.717, 1.165) is 63.7 Å². The Kier molecular flexibility index (Phi) is 50.1. The van der Waals surface area contributed by atoms with Crippen LogP contribution in [0.4, 0.5) is 0 Å². The number of carbonyl (C=O) groups is 3. The molecule has 0 heterocycles. The Balaban J connectivity index is 4.25. The minimum Gasteiger partial charge on any atom is -0.462 e. The number of rotatable bonds is 52. The van der Waals surface area contributed by atoms with Crippen molar-refractivity contribution in [2.75, 3.05) is 13.2 Å². The smallest absolute Gasteiger partial charge is 0.306 e. The van der Waals surface area contributed by atoms with Crippen LogP contribution >= 0.6 is 0 Å². The molecular weight excluding hydrogens is 781 g/mol. The van der Waals surface area contributed by atoms with Crippen molar-refractivity contribution in [2.24, 2.45) is 5.92 Å². The highest BCUT2D eigenvalue weighted by molar-refractivity contribution is 5.71. The average molecular weight is 892 g/mol. The van der Waals surface area contributed by atoms with Crippen molar-refractivity contribution in [3.8, 4) is 0 Å². The van der Waals surface area contributed by atoms with Crippen LogP contribution < -0.4 is 0 Å². The minimum atomic E-state index is -0.762. The lowest BCUT2D eigenvalue weighted by Crippen LogP contribution is -2.30. The first-order valence-electron chi connectivity index (χ1n) is 28.4. The molecule has 0 fully saturated rings. The van der Waals surface area contributed by atoms with Crippen LogP contribution in [0.5, 0.6) is 0 Å². The summed E-state index contributed by atoms with van der Waals surface area (Å²) in [5, 5.41) is 0. The molecule has 1 unspecified atom stereocenters. The Morgan fingerprint density at radius 1 is 0.317 bits per heavy atom. The van der Waals surface area contributed by atoms with E-state index < -0.39 is 6.10 Å². The molecule has 0 aromatic rings. The highest BCUT2D eigenvalue weighted by atomic mass is 16.6. The van der Waals surface area contributed by atoms with Crippen LogP contribution in [-0.4, -0.2) is 37.2 Å². The highest BCUT2D eigenvalue weighted by Crippen LogP contribution is 2.18. The summed E-state index contributed by atoms with van der Waals surface area (Å²) in [6.45, 7) is 9.05. The Morgan fingerprint density at radius 2 is 0.556 bits per heavy atom. The molecule has 0 saturated carbocycles. The lowest BCUT2D eigenvalue weighted by atomic mass is 9.99. The standard InChI is InChI=1S/C57H110O6/c1-5-8-10-12-14-16-18-20-22-23-24-25-26-28-30-32-37-41-45-49-56(59)62-52-54(63-57(60)50-46-42-38-34-33-35-39-43-47-53(4)7-3)51-61-55(58)48-44-40-36-31-29-27-21-19-17-15-13-11-9-6-2/h53-54H,5-52H2,1-4H3/t53?,54-/m1/s1. The van der Waals surface area contributed by atoms with Gasteiger partial charge in [0.1, 0.15) is 13.2 Å². The van der Waals surface area contributed by atoms with Crippen molar-refractivity contribution >= 4 is 17.9 Å². The lowest BCUT2D eigenvalue weighted by Gasteiger charge is -2.18. The van der Waals surface area contributed by atoms with E-state index in [9.17, 15) is 14.4 Å². The van der Waals surface area contributed by atoms with Crippen molar-refractivity contribution in [3.63, 3.8) is 0 Å². The molecule has 0 saturated heterocycles. The zero-order valence-corrected chi connectivity index (χ0v) is 43.0. The lowest BCUT2D eigenvalue weighted by molar-refractivity contribution is -0.167. The number of unbranched alkanes of at least 4 members (excludes halogenated alkanes) is 38. The maximum Gasteiger partial charge on any atom is 0.306 e. The third-order valence-electron chi connectivity index (χ3n) is 13.4. The van der Waals surface area contributed by atoms with Gasteiger partial charge in [-0.15, -0.1) is 0 Å². The Bertz CT molecular complexity index is 951. The predicted octanol–water partition coefficient (Wildman–Crippen LogP) is 18.6. The number of ether oxygens (including phenoxy) is 3. The molecule has 6 heteroatoms. The molecule has 0 N–H and O–H groups in total. The third-order valence-corrected chi connectivity index (χ3v) is 13.4. The zero-order valence-electron chi connectivity index (χ0n) is 43.0. The zero-order chi connectivity index (χ0) is 45.9. The van der Waals surface area contributed by atoms with E-state index in [1.54, 1.807) is 0 Å². The Hall–Kier alpha value is -1.59. The van der Waals surface area contributed by atoms with Crippen LogP contribution in [0.3, 0.4) is 0 Å². The average Bonchev–Trinajstić information content (AvgIpc) is 3.28. The minimum absolute atomic E-state index is 0.0626. The van der Waals surface area contributed by atoms with E-state index >= 15 is 0 Å². The Labute approximate surface area is 393 Å². The fraction of sp³-hybridized carbons (Fsp3) is 0.947. The number of carbonyl (C=O) groups excluding carboxylic acids is 3. The third kappa shape index (κ3) is 49.7. The first kappa shape index (κ1) is 61.4. The summed E-state index contributed by atoms with van der Waals surface area (Å²) in [6, 6.07) is 0.